The molecule has 0 fully saturated rings. The number of carbonyl (C=O) groups is 1. The summed E-state index contributed by atoms with van der Waals surface area (Å²) >= 11 is 3.32. The first-order chi connectivity index (χ1) is 15.6. The van der Waals surface area contributed by atoms with Gasteiger partial charge in [-0.25, -0.2) is 9.18 Å². The molecule has 2 heterocycles. The Morgan fingerprint density at radius 1 is 1.30 bits per heavy atom. The molecule has 2 aromatic carbocycles. The lowest BCUT2D eigenvalue weighted by Gasteiger charge is -2.20. The van der Waals surface area contributed by atoms with Gasteiger partial charge >= 0.3 is 6.09 Å². The van der Waals surface area contributed by atoms with Crippen molar-refractivity contribution in [1.82, 2.24) is 14.3 Å². The summed E-state index contributed by atoms with van der Waals surface area (Å²) in [5.74, 6) is 0.000972. The van der Waals surface area contributed by atoms with E-state index in [0.29, 0.717) is 21.4 Å². The van der Waals surface area contributed by atoms with E-state index in [1.807, 2.05) is 45.9 Å². The van der Waals surface area contributed by atoms with Gasteiger partial charge in [-0.3, -0.25) is 9.25 Å². The van der Waals surface area contributed by atoms with Crippen molar-refractivity contribution in [3.05, 3.63) is 57.6 Å². The molecule has 0 aliphatic rings. The lowest BCUT2D eigenvalue weighted by atomic mass is 10.0. The molecule has 7 nitrogen and oxygen atoms in total. The first kappa shape index (κ1) is 22.8. The number of nitriles is 1. The van der Waals surface area contributed by atoms with E-state index in [1.54, 1.807) is 24.1 Å². The van der Waals surface area contributed by atoms with E-state index in [-0.39, 0.29) is 17.5 Å². The SMILES string of the molecule is COc1cc(C)c2c(ccn2C(=O)OC(C)(C)C)c1Cn1nc(Br)c2c(F)c(C#N)ccc21. The molecule has 0 aliphatic heterocycles. The zero-order chi connectivity index (χ0) is 24.1. The zero-order valence-electron chi connectivity index (χ0n) is 18.9. The average molecular weight is 513 g/mol. The molecule has 2 aromatic heterocycles. The Morgan fingerprint density at radius 2 is 2.03 bits per heavy atom. The number of methoxy groups -OCH3 is 1. The van der Waals surface area contributed by atoms with Crippen molar-refractivity contribution in [3.63, 3.8) is 0 Å². The third-order valence-electron chi connectivity index (χ3n) is 5.28. The molecule has 0 amide bonds. The standard InChI is InChI=1S/C24H22BrFN4O3/c1-13-10-18(32-5)16(15-8-9-29(21(13)15)23(31)33-24(2,3)4)12-30-17-7-6-14(11-27)20(26)19(17)22(25)28-30/h6-10H,12H2,1-5H3. The van der Waals surface area contributed by atoms with Gasteiger partial charge < -0.3 is 9.47 Å². The van der Waals surface area contributed by atoms with Crippen LogP contribution in [0, 0.1) is 24.1 Å². The van der Waals surface area contributed by atoms with E-state index in [9.17, 15) is 9.18 Å². The predicted octanol–water partition coefficient (Wildman–Crippen LogP) is 5.91. The van der Waals surface area contributed by atoms with Gasteiger partial charge in [0.15, 0.2) is 5.82 Å². The Bertz CT molecular complexity index is 1460. The largest absolute Gasteiger partial charge is 0.496 e. The van der Waals surface area contributed by atoms with E-state index < -0.39 is 17.5 Å². The first-order valence-electron chi connectivity index (χ1n) is 10.2. The first-order valence-corrected chi connectivity index (χ1v) is 11.0. The monoisotopic (exact) mass is 512 g/mol. The Kier molecular flexibility index (Phi) is 5.66. The molecule has 170 valence electrons. The fourth-order valence-electron chi connectivity index (χ4n) is 3.92. The highest BCUT2D eigenvalue weighted by molar-refractivity contribution is 9.10. The highest BCUT2D eigenvalue weighted by Crippen LogP contribution is 2.35. The molecule has 0 saturated carbocycles. The third-order valence-corrected chi connectivity index (χ3v) is 5.84. The van der Waals surface area contributed by atoms with Crippen molar-refractivity contribution in [1.29, 1.82) is 5.26 Å². The van der Waals surface area contributed by atoms with Gasteiger partial charge in [0.2, 0.25) is 0 Å². The number of ether oxygens (including phenoxy) is 2. The van der Waals surface area contributed by atoms with Gasteiger partial charge in [-0.15, -0.1) is 0 Å². The van der Waals surface area contributed by atoms with Crippen molar-refractivity contribution in [2.45, 2.75) is 39.8 Å². The van der Waals surface area contributed by atoms with Crippen molar-refractivity contribution in [3.8, 4) is 11.8 Å². The highest BCUT2D eigenvalue weighted by atomic mass is 79.9. The predicted molar refractivity (Wildman–Crippen MR) is 126 cm³/mol. The number of hydrogen-bond donors (Lipinski definition) is 0. The molecule has 0 spiro atoms. The van der Waals surface area contributed by atoms with Crippen LogP contribution in [0.1, 0.15) is 37.5 Å². The number of hydrogen-bond acceptors (Lipinski definition) is 5. The number of rotatable bonds is 3. The summed E-state index contributed by atoms with van der Waals surface area (Å²) in [6.45, 7) is 7.60. The Labute approximate surface area is 198 Å². The molecule has 33 heavy (non-hydrogen) atoms. The summed E-state index contributed by atoms with van der Waals surface area (Å²) < 4.78 is 29.4. The molecule has 9 heteroatoms. The van der Waals surface area contributed by atoms with Crippen LogP contribution in [0.15, 0.2) is 35.1 Å². The maximum atomic E-state index is 14.8. The van der Waals surface area contributed by atoms with E-state index in [4.69, 9.17) is 14.7 Å². The van der Waals surface area contributed by atoms with E-state index in [2.05, 4.69) is 21.0 Å². The minimum Gasteiger partial charge on any atom is -0.496 e. The molecule has 4 aromatic rings. The van der Waals surface area contributed by atoms with Crippen LogP contribution in [0.2, 0.25) is 0 Å². The highest BCUT2D eigenvalue weighted by Gasteiger charge is 2.23. The lowest BCUT2D eigenvalue weighted by molar-refractivity contribution is 0.0544. The molecular formula is C24H22BrFN4O3. The fourth-order valence-corrected chi connectivity index (χ4v) is 4.48. The van der Waals surface area contributed by atoms with Gasteiger partial charge in [-0.1, -0.05) is 0 Å². The van der Waals surface area contributed by atoms with Crippen LogP contribution >= 0.6 is 15.9 Å². The summed E-state index contributed by atoms with van der Waals surface area (Å²) in [5, 5.41) is 14.6. The second-order valence-electron chi connectivity index (χ2n) is 8.68. The van der Waals surface area contributed by atoms with Crippen LogP contribution in [0.25, 0.3) is 21.8 Å². The molecule has 0 radical (unpaired) electrons. The summed E-state index contributed by atoms with van der Waals surface area (Å²) in [7, 11) is 1.57. The number of aromatic nitrogens is 3. The Morgan fingerprint density at radius 3 is 2.67 bits per heavy atom. The van der Waals surface area contributed by atoms with Crippen LogP contribution in [0.3, 0.4) is 0 Å². The number of fused-ring (bicyclic) bond motifs is 2. The Balaban J connectivity index is 1.89. The lowest BCUT2D eigenvalue weighted by Crippen LogP contribution is -2.26. The van der Waals surface area contributed by atoms with Gasteiger partial charge in [0.05, 0.1) is 35.6 Å². The molecule has 0 atom stereocenters. The molecular weight excluding hydrogens is 491 g/mol. The molecule has 0 bridgehead atoms. The van der Waals surface area contributed by atoms with Crippen molar-refractivity contribution in [2.75, 3.05) is 7.11 Å². The Hall–Kier alpha value is -3.38. The number of nitrogens with zero attached hydrogens (tertiary/aromatic N) is 4. The average Bonchev–Trinajstić information content (AvgIpc) is 3.31. The number of benzene rings is 2. The van der Waals surface area contributed by atoms with E-state index in [1.165, 1.54) is 10.6 Å². The number of aryl methyl sites for hydroxylation is 1. The van der Waals surface area contributed by atoms with Gasteiger partial charge in [0, 0.05) is 17.1 Å². The second kappa shape index (κ2) is 8.19. The molecule has 0 N–H and O–H groups in total. The summed E-state index contributed by atoms with van der Waals surface area (Å²) in [5.41, 5.74) is 2.17. The minimum atomic E-state index is -0.635. The van der Waals surface area contributed by atoms with Gasteiger partial charge in [-0.05, 0) is 73.5 Å². The van der Waals surface area contributed by atoms with Crippen LogP contribution in [-0.2, 0) is 11.3 Å². The van der Waals surface area contributed by atoms with Crippen molar-refractivity contribution < 1.29 is 18.7 Å². The van der Waals surface area contributed by atoms with Crippen LogP contribution in [-0.4, -0.2) is 33.2 Å². The molecule has 0 unspecified atom stereocenters. The van der Waals surface area contributed by atoms with Gasteiger partial charge in [0.25, 0.3) is 0 Å². The number of carbonyl (C=O) groups excluding carboxylic acids is 1. The summed E-state index contributed by atoms with van der Waals surface area (Å²) in [6.07, 6.45) is 1.19. The second-order valence-corrected chi connectivity index (χ2v) is 9.44. The third kappa shape index (κ3) is 3.95. The van der Waals surface area contributed by atoms with E-state index >= 15 is 0 Å². The molecule has 0 aliphatic carbocycles. The maximum absolute atomic E-state index is 14.8. The van der Waals surface area contributed by atoms with Crippen LogP contribution in [0.5, 0.6) is 5.75 Å². The van der Waals surface area contributed by atoms with Gasteiger partial charge in [-0.2, -0.15) is 10.4 Å². The smallest absolute Gasteiger partial charge is 0.419 e. The van der Waals surface area contributed by atoms with Crippen molar-refractivity contribution in [2.24, 2.45) is 0 Å². The quantitative estimate of drug-likeness (QED) is 0.340. The topological polar surface area (TPSA) is 82.1 Å². The minimum absolute atomic E-state index is 0.0486. The summed E-state index contributed by atoms with van der Waals surface area (Å²) in [6, 6.07) is 8.64. The van der Waals surface area contributed by atoms with Crippen molar-refractivity contribution >= 4 is 43.8 Å². The number of halogens is 2. The van der Waals surface area contributed by atoms with Crippen LogP contribution in [0.4, 0.5) is 9.18 Å². The summed E-state index contributed by atoms with van der Waals surface area (Å²) in [4.78, 5) is 12.8. The van der Waals surface area contributed by atoms with Gasteiger partial charge in [0.1, 0.15) is 22.0 Å². The van der Waals surface area contributed by atoms with Crippen LogP contribution < -0.4 is 4.74 Å². The normalized spacial score (nSPS) is 11.7. The fraction of sp³-hybridized carbons (Fsp3) is 0.292. The van der Waals surface area contributed by atoms with E-state index in [0.717, 1.165) is 16.5 Å². The zero-order valence-corrected chi connectivity index (χ0v) is 20.4. The molecule has 4 rings (SSSR count). The molecule has 0 saturated heterocycles. The maximum Gasteiger partial charge on any atom is 0.419 e.